The molecule has 1 nitrogen and oxygen atoms in total. The van der Waals surface area contributed by atoms with Crippen molar-refractivity contribution < 1.29 is 4.43 Å². The summed E-state index contributed by atoms with van der Waals surface area (Å²) in [5.74, 6) is 0. The average Bonchev–Trinajstić information content (AvgIpc) is 2.51. The second kappa shape index (κ2) is 10.4. The molecule has 0 radical (unpaired) electrons. The van der Waals surface area contributed by atoms with Gasteiger partial charge in [0.15, 0.2) is 8.32 Å². The van der Waals surface area contributed by atoms with Gasteiger partial charge in [0.2, 0.25) is 0 Å². The highest BCUT2D eigenvalue weighted by Gasteiger charge is 2.36. The second-order valence-electron chi connectivity index (χ2n) is 10.5. The predicted octanol–water partition coefficient (Wildman–Crippen LogP) is 7.52. The molecule has 1 aromatic carbocycles. The lowest BCUT2D eigenvalue weighted by Crippen LogP contribution is -2.41. The minimum atomic E-state index is -1.66. The van der Waals surface area contributed by atoms with Crippen molar-refractivity contribution >= 4 is 44.2 Å². The summed E-state index contributed by atoms with van der Waals surface area (Å²) in [4.78, 5) is 0. The molecule has 0 spiro atoms. The van der Waals surface area contributed by atoms with Crippen LogP contribution < -0.4 is 5.19 Å². The van der Waals surface area contributed by atoms with E-state index in [0.717, 1.165) is 13.0 Å². The van der Waals surface area contributed by atoms with Crippen molar-refractivity contribution in [2.75, 3.05) is 6.61 Å². The molecule has 4 heteroatoms. The van der Waals surface area contributed by atoms with E-state index >= 15 is 0 Å². The maximum absolute atomic E-state index is 6.45. The van der Waals surface area contributed by atoms with Crippen LogP contribution in [0.15, 0.2) is 12.1 Å². The molecular weight excluding hydrogens is 475 g/mol. The van der Waals surface area contributed by atoms with Crippen molar-refractivity contribution in [1.29, 1.82) is 0 Å². The van der Waals surface area contributed by atoms with Crippen molar-refractivity contribution in [3.63, 3.8) is 0 Å². The van der Waals surface area contributed by atoms with E-state index in [9.17, 15) is 0 Å². The summed E-state index contributed by atoms with van der Waals surface area (Å²) in [7, 11) is -2.97. The summed E-state index contributed by atoms with van der Waals surface area (Å²) in [6.07, 6.45) is 7.64. The highest BCUT2D eigenvalue weighted by molar-refractivity contribution is 14.1. The Morgan fingerprint density at radius 1 is 0.889 bits per heavy atom. The molecule has 27 heavy (non-hydrogen) atoms. The lowest BCUT2D eigenvalue weighted by atomic mass is 10.0. The second-order valence-corrected chi connectivity index (χ2v) is 21.5. The quantitative estimate of drug-likeness (QED) is 0.177. The van der Waals surface area contributed by atoms with Crippen LogP contribution in [0.25, 0.3) is 0 Å². The first-order chi connectivity index (χ1) is 12.3. The van der Waals surface area contributed by atoms with Crippen LogP contribution in [-0.2, 0) is 17.3 Å². The Labute approximate surface area is 185 Å². The Balaban J connectivity index is 2.94. The molecule has 0 amide bonds. The van der Waals surface area contributed by atoms with Gasteiger partial charge in [-0.1, -0.05) is 77.9 Å². The molecule has 156 valence electrons. The standard InChI is InChI=1S/C23H43IOSi2/c1-10-11-12-13-14-20-17-19(21(24)18-22(20)26(5,6)7)15-16-25-27(8,9)23(2,3)4/h17-18H,10-16H2,1-9H3. The molecule has 0 unspecified atom stereocenters. The molecule has 0 fully saturated rings. The molecule has 0 saturated heterocycles. The highest BCUT2D eigenvalue weighted by atomic mass is 127. The Morgan fingerprint density at radius 3 is 2.04 bits per heavy atom. The summed E-state index contributed by atoms with van der Waals surface area (Å²) in [6.45, 7) is 22.3. The zero-order chi connectivity index (χ0) is 20.9. The number of hydrogen-bond donors (Lipinski definition) is 0. The van der Waals surface area contributed by atoms with Gasteiger partial charge in [-0.25, -0.2) is 0 Å². The lowest BCUT2D eigenvalue weighted by Gasteiger charge is -2.36. The third-order valence-corrected chi connectivity index (χ3v) is 13.6. The minimum absolute atomic E-state index is 0.284. The van der Waals surface area contributed by atoms with Crippen LogP contribution in [-0.4, -0.2) is 23.0 Å². The average molecular weight is 519 g/mol. The van der Waals surface area contributed by atoms with Gasteiger partial charge in [-0.3, -0.25) is 0 Å². The van der Waals surface area contributed by atoms with Gasteiger partial charge in [0.1, 0.15) is 0 Å². The molecule has 0 atom stereocenters. The molecule has 0 saturated carbocycles. The largest absolute Gasteiger partial charge is 0.416 e. The molecular formula is C23H43IOSi2. The van der Waals surface area contributed by atoms with Gasteiger partial charge in [0.25, 0.3) is 0 Å². The summed E-state index contributed by atoms with van der Waals surface area (Å²) >= 11 is 2.55. The van der Waals surface area contributed by atoms with Gasteiger partial charge in [-0.15, -0.1) is 0 Å². The van der Waals surface area contributed by atoms with E-state index in [1.54, 1.807) is 10.8 Å². The number of unbranched alkanes of at least 4 members (excludes halogenated alkanes) is 3. The van der Waals surface area contributed by atoms with Crippen LogP contribution in [0.3, 0.4) is 0 Å². The first-order valence-corrected chi connectivity index (χ1v) is 18.2. The number of rotatable bonds is 10. The van der Waals surface area contributed by atoms with Crippen LogP contribution in [0.1, 0.15) is 64.5 Å². The Hall–Kier alpha value is 0.344. The molecule has 1 rings (SSSR count). The first kappa shape index (κ1) is 25.4. The van der Waals surface area contributed by atoms with Gasteiger partial charge in [-0.05, 0) is 77.2 Å². The summed E-state index contributed by atoms with van der Waals surface area (Å²) in [5.41, 5.74) is 3.11. The van der Waals surface area contributed by atoms with Crippen molar-refractivity contribution in [2.45, 2.75) is 104 Å². The monoisotopic (exact) mass is 518 g/mol. The Bertz CT molecular complexity index is 598. The summed E-state index contributed by atoms with van der Waals surface area (Å²) < 4.78 is 7.88. The van der Waals surface area contributed by atoms with E-state index < -0.39 is 16.4 Å². The molecule has 0 heterocycles. The van der Waals surface area contributed by atoms with Crippen molar-refractivity contribution in [2.24, 2.45) is 0 Å². The highest BCUT2D eigenvalue weighted by Crippen LogP contribution is 2.36. The molecule has 0 aliphatic heterocycles. The van der Waals surface area contributed by atoms with E-state index in [1.807, 2.05) is 0 Å². The topological polar surface area (TPSA) is 9.23 Å². The Kier molecular flexibility index (Phi) is 9.77. The van der Waals surface area contributed by atoms with Crippen LogP contribution in [0, 0.1) is 3.57 Å². The van der Waals surface area contributed by atoms with E-state index in [2.05, 4.69) is 95.2 Å². The van der Waals surface area contributed by atoms with Gasteiger partial charge in [0, 0.05) is 10.2 Å². The van der Waals surface area contributed by atoms with Crippen molar-refractivity contribution in [3.05, 3.63) is 26.8 Å². The van der Waals surface area contributed by atoms with Crippen LogP contribution in [0.4, 0.5) is 0 Å². The maximum Gasteiger partial charge on any atom is 0.191 e. The number of hydrogen-bond acceptors (Lipinski definition) is 1. The van der Waals surface area contributed by atoms with E-state index in [1.165, 1.54) is 41.2 Å². The summed E-state index contributed by atoms with van der Waals surface area (Å²) in [6, 6.07) is 5.03. The molecule has 1 aromatic rings. The number of benzene rings is 1. The molecule has 0 bridgehead atoms. The smallest absolute Gasteiger partial charge is 0.191 e. The zero-order valence-corrected chi connectivity index (χ0v) is 23.5. The van der Waals surface area contributed by atoms with Gasteiger partial charge in [0.05, 0.1) is 8.07 Å². The van der Waals surface area contributed by atoms with Gasteiger partial charge >= 0.3 is 0 Å². The third kappa shape index (κ3) is 7.94. The molecule has 0 aromatic heterocycles. The fraction of sp³-hybridized carbons (Fsp3) is 0.739. The maximum atomic E-state index is 6.45. The SMILES string of the molecule is CCCCCCc1cc(CCO[Si](C)(C)C(C)(C)C)c(I)cc1[Si](C)(C)C. The van der Waals surface area contributed by atoms with Crippen LogP contribution in [0.2, 0.25) is 37.8 Å². The van der Waals surface area contributed by atoms with Crippen molar-refractivity contribution in [1.82, 2.24) is 0 Å². The van der Waals surface area contributed by atoms with E-state index in [4.69, 9.17) is 4.43 Å². The lowest BCUT2D eigenvalue weighted by molar-refractivity contribution is 0.291. The fourth-order valence-corrected chi connectivity index (χ4v) is 6.95. The normalized spacial score (nSPS) is 13.3. The number of aryl methyl sites for hydroxylation is 1. The fourth-order valence-electron chi connectivity index (χ4n) is 3.14. The first-order valence-electron chi connectivity index (χ1n) is 10.8. The molecule has 0 N–H and O–H groups in total. The third-order valence-electron chi connectivity index (χ3n) is 6.02. The van der Waals surface area contributed by atoms with Crippen LogP contribution in [0.5, 0.6) is 0 Å². The van der Waals surface area contributed by atoms with Crippen LogP contribution >= 0.6 is 22.6 Å². The summed E-state index contributed by atoms with van der Waals surface area (Å²) in [5, 5.41) is 1.95. The Morgan fingerprint density at radius 2 is 1.52 bits per heavy atom. The zero-order valence-electron chi connectivity index (χ0n) is 19.4. The van der Waals surface area contributed by atoms with E-state index in [0.29, 0.717) is 0 Å². The molecule has 0 aliphatic carbocycles. The number of halogens is 1. The van der Waals surface area contributed by atoms with E-state index in [-0.39, 0.29) is 5.04 Å². The van der Waals surface area contributed by atoms with Crippen molar-refractivity contribution in [3.8, 4) is 0 Å². The van der Waals surface area contributed by atoms with Gasteiger partial charge in [-0.2, -0.15) is 0 Å². The van der Waals surface area contributed by atoms with Gasteiger partial charge < -0.3 is 4.43 Å². The molecule has 0 aliphatic rings. The minimum Gasteiger partial charge on any atom is -0.416 e. The predicted molar refractivity (Wildman–Crippen MR) is 137 cm³/mol.